The normalized spacial score (nSPS) is 11.3. The smallest absolute Gasteiger partial charge is 0.418 e. The number of rotatable bonds is 8. The lowest BCUT2D eigenvalue weighted by atomic mass is 10.0. The van der Waals surface area contributed by atoms with Gasteiger partial charge in [-0.25, -0.2) is 4.98 Å². The third-order valence-corrected chi connectivity index (χ3v) is 4.41. The van der Waals surface area contributed by atoms with Crippen LogP contribution in [0.3, 0.4) is 0 Å². The molecule has 1 heterocycles. The summed E-state index contributed by atoms with van der Waals surface area (Å²) in [5.74, 6) is 1.32. The maximum Gasteiger partial charge on any atom is 0.673 e. The summed E-state index contributed by atoms with van der Waals surface area (Å²) in [4.78, 5) is 3.44. The molecule has 152 valence electrons. The molecule has 1 N–H and O–H groups in total. The molecule has 1 aromatic heterocycles. The van der Waals surface area contributed by atoms with Crippen molar-refractivity contribution >= 4 is 7.25 Å². The first-order chi connectivity index (χ1) is 12.6. The Balaban J connectivity index is 0.000000646. The van der Waals surface area contributed by atoms with E-state index in [9.17, 15) is 17.3 Å². The van der Waals surface area contributed by atoms with Crippen LogP contribution in [0.5, 0.6) is 0 Å². The highest BCUT2D eigenvalue weighted by Crippen LogP contribution is 2.17. The molecule has 7 heteroatoms. The zero-order chi connectivity index (χ0) is 20.4. The number of H-pyrrole nitrogens is 1. The largest absolute Gasteiger partial charge is 0.673 e. The van der Waals surface area contributed by atoms with Crippen molar-refractivity contribution in [3.8, 4) is 5.69 Å². The summed E-state index contributed by atoms with van der Waals surface area (Å²) in [6, 6.07) is 4.55. The molecule has 0 unspecified atom stereocenters. The van der Waals surface area contributed by atoms with Crippen LogP contribution in [0.25, 0.3) is 5.69 Å². The van der Waals surface area contributed by atoms with Crippen molar-refractivity contribution in [2.75, 3.05) is 0 Å². The number of nitrogens with zero attached hydrogens (tertiary/aromatic N) is 1. The van der Waals surface area contributed by atoms with Crippen LogP contribution >= 0.6 is 0 Å². The Morgan fingerprint density at radius 1 is 0.889 bits per heavy atom. The highest BCUT2D eigenvalue weighted by atomic mass is 19.5. The molecule has 0 saturated heterocycles. The second kappa shape index (κ2) is 11.1. The van der Waals surface area contributed by atoms with Gasteiger partial charge in [-0.1, -0.05) is 56.7 Å². The number of aromatic nitrogens is 2. The van der Waals surface area contributed by atoms with Crippen molar-refractivity contribution in [3.05, 3.63) is 47.0 Å². The minimum absolute atomic E-state index is 1.13. The molecular weight excluding hydrogens is 355 g/mol. The molecule has 0 fully saturated rings. The van der Waals surface area contributed by atoms with E-state index in [4.69, 9.17) is 0 Å². The third-order valence-electron chi connectivity index (χ3n) is 4.41. The van der Waals surface area contributed by atoms with Gasteiger partial charge in [-0.3, -0.25) is 0 Å². The van der Waals surface area contributed by atoms with E-state index in [0.717, 1.165) is 6.42 Å². The molecule has 0 saturated carbocycles. The molecule has 0 amide bonds. The fraction of sp³-hybridized carbons (Fsp3) is 0.550. The minimum atomic E-state index is -6.00. The average Bonchev–Trinajstić information content (AvgIpc) is 2.96. The molecule has 27 heavy (non-hydrogen) atoms. The molecule has 0 bridgehead atoms. The first-order valence-electron chi connectivity index (χ1n) is 9.67. The van der Waals surface area contributed by atoms with Crippen LogP contribution in [0.2, 0.25) is 0 Å². The zero-order valence-electron chi connectivity index (χ0n) is 16.8. The van der Waals surface area contributed by atoms with Crippen LogP contribution in [-0.2, 0) is 6.42 Å². The highest BCUT2D eigenvalue weighted by Gasteiger charge is 2.20. The topological polar surface area (TPSA) is 19.7 Å². The van der Waals surface area contributed by atoms with Gasteiger partial charge >= 0.3 is 7.25 Å². The maximum absolute atomic E-state index is 9.75. The Morgan fingerprint density at radius 2 is 1.41 bits per heavy atom. The molecule has 2 aromatic rings. The second-order valence-electron chi connectivity index (χ2n) is 7.04. The van der Waals surface area contributed by atoms with Gasteiger partial charge in [-0.05, 0) is 38.3 Å². The summed E-state index contributed by atoms with van der Waals surface area (Å²) < 4.78 is 41.3. The fourth-order valence-corrected chi connectivity index (χ4v) is 3.39. The van der Waals surface area contributed by atoms with Crippen LogP contribution in [-0.4, -0.2) is 12.2 Å². The number of hydrogen-bond donors (Lipinski definition) is 1. The summed E-state index contributed by atoms with van der Waals surface area (Å²) in [6.07, 6.45) is 13.4. The Bertz CT molecular complexity index is 667. The standard InChI is InChI=1S/C20H30N2.BF4/c1-5-6-7-8-9-10-11-19-21-12-13-22(19)20-17(3)14-16(2)15-18(20)4;2-1(3,4)5/h12-15H,5-11H2,1-4H3;/q;-1/p+1. The molecule has 0 radical (unpaired) electrons. The van der Waals surface area contributed by atoms with E-state index in [1.807, 2.05) is 0 Å². The summed E-state index contributed by atoms with van der Waals surface area (Å²) in [5, 5.41) is 0. The molecule has 1 aromatic carbocycles. The molecular formula is C20H31BF4N2. The molecule has 0 aliphatic rings. The van der Waals surface area contributed by atoms with E-state index < -0.39 is 7.25 Å². The van der Waals surface area contributed by atoms with Crippen LogP contribution in [0.4, 0.5) is 17.3 Å². The predicted molar refractivity (Wildman–Crippen MR) is 104 cm³/mol. The lowest BCUT2D eigenvalue weighted by molar-refractivity contribution is -0.603. The Hall–Kier alpha value is -1.79. The molecule has 2 rings (SSSR count). The number of benzene rings is 1. The van der Waals surface area contributed by atoms with Gasteiger partial charge in [0.15, 0.2) is 0 Å². The van der Waals surface area contributed by atoms with Crippen molar-refractivity contribution < 1.29 is 21.8 Å². The van der Waals surface area contributed by atoms with E-state index >= 15 is 0 Å². The van der Waals surface area contributed by atoms with Crippen LogP contribution < -0.4 is 4.57 Å². The third kappa shape index (κ3) is 9.11. The Labute approximate surface area is 160 Å². The molecule has 2 nitrogen and oxygen atoms in total. The van der Waals surface area contributed by atoms with Gasteiger partial charge in [-0.2, -0.15) is 4.57 Å². The number of nitrogens with one attached hydrogen (secondary N) is 1. The van der Waals surface area contributed by atoms with Gasteiger partial charge in [0.1, 0.15) is 18.1 Å². The molecule has 0 aliphatic heterocycles. The van der Waals surface area contributed by atoms with Crippen molar-refractivity contribution in [2.24, 2.45) is 0 Å². The van der Waals surface area contributed by atoms with Gasteiger partial charge in [0.2, 0.25) is 0 Å². The quantitative estimate of drug-likeness (QED) is 0.234. The first-order valence-corrected chi connectivity index (χ1v) is 9.67. The fourth-order valence-electron chi connectivity index (χ4n) is 3.39. The van der Waals surface area contributed by atoms with Crippen LogP contribution in [0, 0.1) is 20.8 Å². The van der Waals surface area contributed by atoms with Crippen molar-refractivity contribution in [1.82, 2.24) is 4.98 Å². The summed E-state index contributed by atoms with van der Waals surface area (Å²) in [6.45, 7) is 8.87. The Morgan fingerprint density at radius 3 is 1.96 bits per heavy atom. The van der Waals surface area contributed by atoms with Crippen LogP contribution in [0.15, 0.2) is 24.5 Å². The monoisotopic (exact) mass is 386 g/mol. The van der Waals surface area contributed by atoms with Gasteiger partial charge in [-0.15, -0.1) is 0 Å². The van der Waals surface area contributed by atoms with E-state index in [0.29, 0.717) is 0 Å². The Kier molecular flexibility index (Phi) is 9.60. The van der Waals surface area contributed by atoms with Crippen LogP contribution in [0.1, 0.15) is 68.0 Å². The molecule has 0 aliphatic carbocycles. The lowest BCUT2D eigenvalue weighted by Gasteiger charge is -2.09. The van der Waals surface area contributed by atoms with Gasteiger partial charge in [0, 0.05) is 6.42 Å². The van der Waals surface area contributed by atoms with E-state index in [1.54, 1.807) is 0 Å². The predicted octanol–water partition coefficient (Wildman–Crippen LogP) is 6.42. The number of aromatic amines is 1. The molecule has 0 atom stereocenters. The lowest BCUT2D eigenvalue weighted by Crippen LogP contribution is -2.35. The zero-order valence-corrected chi connectivity index (χ0v) is 16.8. The van der Waals surface area contributed by atoms with Gasteiger partial charge in [0.05, 0.1) is 0 Å². The minimum Gasteiger partial charge on any atom is -0.418 e. The van der Waals surface area contributed by atoms with E-state index in [2.05, 4.69) is 61.8 Å². The number of hydrogen-bond acceptors (Lipinski definition) is 0. The van der Waals surface area contributed by atoms with Crippen molar-refractivity contribution in [1.29, 1.82) is 0 Å². The summed E-state index contributed by atoms with van der Waals surface area (Å²) in [7, 11) is -6.00. The number of unbranched alkanes of at least 4 members (excludes halogenated alkanes) is 5. The maximum atomic E-state index is 9.75. The molecule has 0 spiro atoms. The first kappa shape index (κ1) is 23.3. The van der Waals surface area contributed by atoms with Crippen molar-refractivity contribution in [3.63, 3.8) is 0 Å². The number of halogens is 4. The van der Waals surface area contributed by atoms with E-state index in [-0.39, 0.29) is 0 Å². The average molecular weight is 386 g/mol. The summed E-state index contributed by atoms with van der Waals surface area (Å²) in [5.41, 5.74) is 5.39. The van der Waals surface area contributed by atoms with Gasteiger partial charge in [0.25, 0.3) is 5.82 Å². The SMILES string of the molecule is CCCCCCCCc1[nH]cc[n+]1-c1c(C)cc(C)cc1C.F[B-](F)(F)F. The number of aryl methyl sites for hydroxylation is 4. The summed E-state index contributed by atoms with van der Waals surface area (Å²) >= 11 is 0. The highest BCUT2D eigenvalue weighted by molar-refractivity contribution is 6.50. The second-order valence-corrected chi connectivity index (χ2v) is 7.04. The number of imidazole rings is 1. The van der Waals surface area contributed by atoms with E-state index in [1.165, 1.54) is 66.7 Å². The van der Waals surface area contributed by atoms with Crippen molar-refractivity contribution in [2.45, 2.75) is 72.6 Å². The van der Waals surface area contributed by atoms with Gasteiger partial charge < -0.3 is 17.3 Å².